The number of hydrogen-bond acceptors (Lipinski definition) is 6. The van der Waals surface area contributed by atoms with Crippen molar-refractivity contribution in [1.82, 2.24) is 4.90 Å². The van der Waals surface area contributed by atoms with Crippen LogP contribution in [0.2, 0.25) is 0 Å². The summed E-state index contributed by atoms with van der Waals surface area (Å²) in [6, 6.07) is 0. The van der Waals surface area contributed by atoms with Gasteiger partial charge in [0.05, 0.1) is 24.0 Å². The van der Waals surface area contributed by atoms with Gasteiger partial charge in [-0.2, -0.15) is 0 Å². The van der Waals surface area contributed by atoms with Crippen LogP contribution in [0.15, 0.2) is 0 Å². The van der Waals surface area contributed by atoms with Crippen molar-refractivity contribution < 1.29 is 27.5 Å². The normalized spacial score (nSPS) is 20.9. The van der Waals surface area contributed by atoms with Crippen molar-refractivity contribution in [2.75, 3.05) is 31.7 Å². The molecule has 0 aliphatic carbocycles. The van der Waals surface area contributed by atoms with Gasteiger partial charge in [0.25, 0.3) is 0 Å². The Bertz CT molecular complexity index is 493. The summed E-state index contributed by atoms with van der Waals surface area (Å²) in [4.78, 5) is 24.7. The van der Waals surface area contributed by atoms with E-state index in [9.17, 15) is 18.0 Å². The molecule has 0 bridgehead atoms. The predicted octanol–water partition coefficient (Wildman–Crippen LogP) is 0.831. The van der Waals surface area contributed by atoms with Gasteiger partial charge in [-0.05, 0) is 27.2 Å². The van der Waals surface area contributed by atoms with Gasteiger partial charge in [0, 0.05) is 7.05 Å². The Morgan fingerprint density at radius 2 is 1.90 bits per heavy atom. The topological polar surface area (TPSA) is 90.0 Å². The van der Waals surface area contributed by atoms with Crippen molar-refractivity contribution >= 4 is 21.9 Å². The summed E-state index contributed by atoms with van der Waals surface area (Å²) in [6.07, 6.45) is -0.190. The molecule has 21 heavy (non-hydrogen) atoms. The summed E-state index contributed by atoms with van der Waals surface area (Å²) in [5.41, 5.74) is -0.583. The maximum Gasteiger partial charge on any atom is 0.410 e. The van der Waals surface area contributed by atoms with Crippen molar-refractivity contribution in [1.29, 1.82) is 0 Å². The molecule has 1 saturated heterocycles. The van der Waals surface area contributed by atoms with Crippen LogP contribution in [-0.2, 0) is 24.1 Å². The zero-order valence-electron chi connectivity index (χ0n) is 12.9. The molecule has 1 heterocycles. The minimum absolute atomic E-state index is 0.0190. The molecular formula is C13H23NO6S. The molecule has 0 N–H and O–H groups in total. The van der Waals surface area contributed by atoms with Gasteiger partial charge in [-0.3, -0.25) is 4.79 Å². The van der Waals surface area contributed by atoms with Crippen LogP contribution in [0.1, 0.15) is 27.2 Å². The molecule has 1 rings (SSSR count). The van der Waals surface area contributed by atoms with Crippen molar-refractivity contribution in [3.05, 3.63) is 0 Å². The molecule has 8 heteroatoms. The van der Waals surface area contributed by atoms with Gasteiger partial charge in [0.15, 0.2) is 9.84 Å². The summed E-state index contributed by atoms with van der Waals surface area (Å²) >= 11 is 0. The Kier molecular flexibility index (Phi) is 5.61. The number of amides is 1. The Morgan fingerprint density at radius 1 is 1.29 bits per heavy atom. The maximum absolute atomic E-state index is 11.7. The number of carbonyl (C=O) groups excluding carboxylic acids is 2. The van der Waals surface area contributed by atoms with E-state index in [1.165, 1.54) is 4.90 Å². The SMILES string of the molecule is CN(CCOC(=O)C1CCS(=O)(=O)C1)C(=O)OC(C)(C)C. The molecule has 0 saturated carbocycles. The lowest BCUT2D eigenvalue weighted by molar-refractivity contribution is -0.148. The second-order valence-corrected chi connectivity index (χ2v) is 8.40. The summed E-state index contributed by atoms with van der Waals surface area (Å²) in [6.45, 7) is 5.50. The summed E-state index contributed by atoms with van der Waals surface area (Å²) in [5, 5.41) is 0. The maximum atomic E-state index is 11.7. The molecule has 1 aliphatic rings. The minimum atomic E-state index is -3.10. The van der Waals surface area contributed by atoms with Gasteiger partial charge in [-0.15, -0.1) is 0 Å². The fourth-order valence-corrected chi connectivity index (χ4v) is 3.54. The highest BCUT2D eigenvalue weighted by Crippen LogP contribution is 2.19. The first kappa shape index (κ1) is 17.7. The smallest absolute Gasteiger partial charge is 0.410 e. The Labute approximate surface area is 125 Å². The van der Waals surface area contributed by atoms with E-state index in [0.29, 0.717) is 6.42 Å². The van der Waals surface area contributed by atoms with Gasteiger partial charge in [0.1, 0.15) is 12.2 Å². The van der Waals surface area contributed by atoms with Crippen LogP contribution in [0.3, 0.4) is 0 Å². The average molecular weight is 321 g/mol. The second-order valence-electron chi connectivity index (χ2n) is 6.17. The van der Waals surface area contributed by atoms with E-state index in [4.69, 9.17) is 9.47 Å². The molecule has 1 atom stereocenters. The van der Waals surface area contributed by atoms with Crippen LogP contribution in [0.5, 0.6) is 0 Å². The molecular weight excluding hydrogens is 298 g/mol. The average Bonchev–Trinajstić information content (AvgIpc) is 2.67. The lowest BCUT2D eigenvalue weighted by Gasteiger charge is -2.24. The molecule has 1 fully saturated rings. The molecule has 1 aliphatic heterocycles. The van der Waals surface area contributed by atoms with E-state index in [0.717, 1.165) is 0 Å². The third-order valence-electron chi connectivity index (χ3n) is 2.94. The van der Waals surface area contributed by atoms with E-state index in [1.54, 1.807) is 27.8 Å². The van der Waals surface area contributed by atoms with Gasteiger partial charge < -0.3 is 14.4 Å². The van der Waals surface area contributed by atoms with Crippen LogP contribution in [0, 0.1) is 5.92 Å². The number of hydrogen-bond donors (Lipinski definition) is 0. The fraction of sp³-hybridized carbons (Fsp3) is 0.846. The fourth-order valence-electron chi connectivity index (χ4n) is 1.81. The number of nitrogens with zero attached hydrogens (tertiary/aromatic N) is 1. The third kappa shape index (κ3) is 6.33. The van der Waals surface area contributed by atoms with E-state index < -0.39 is 33.4 Å². The first-order valence-corrected chi connectivity index (χ1v) is 8.63. The molecule has 1 unspecified atom stereocenters. The Balaban J connectivity index is 2.30. The first-order chi connectivity index (χ1) is 9.50. The van der Waals surface area contributed by atoms with E-state index >= 15 is 0 Å². The lowest BCUT2D eigenvalue weighted by atomic mass is 10.1. The molecule has 7 nitrogen and oxygen atoms in total. The predicted molar refractivity (Wildman–Crippen MR) is 76.6 cm³/mol. The molecule has 0 spiro atoms. The monoisotopic (exact) mass is 321 g/mol. The molecule has 0 aromatic carbocycles. The Morgan fingerprint density at radius 3 is 2.38 bits per heavy atom. The van der Waals surface area contributed by atoms with Gasteiger partial charge in [-0.25, -0.2) is 13.2 Å². The van der Waals surface area contributed by atoms with E-state index in [2.05, 4.69) is 0 Å². The van der Waals surface area contributed by atoms with Gasteiger partial charge >= 0.3 is 12.1 Å². The highest BCUT2D eigenvalue weighted by Gasteiger charge is 2.34. The summed E-state index contributed by atoms with van der Waals surface area (Å²) in [7, 11) is -1.56. The van der Waals surface area contributed by atoms with Gasteiger partial charge in [-0.1, -0.05) is 0 Å². The number of ether oxygens (including phenoxy) is 2. The number of rotatable bonds is 4. The number of esters is 1. The number of likely N-dealkylation sites (N-methyl/N-ethyl adjacent to an activating group) is 1. The Hall–Kier alpha value is -1.31. The molecule has 122 valence electrons. The lowest BCUT2D eigenvalue weighted by Crippen LogP contribution is -2.36. The summed E-state index contributed by atoms with van der Waals surface area (Å²) < 4.78 is 32.7. The van der Waals surface area contributed by atoms with Gasteiger partial charge in [0.2, 0.25) is 0 Å². The van der Waals surface area contributed by atoms with Crippen molar-refractivity contribution in [2.45, 2.75) is 32.8 Å². The highest BCUT2D eigenvalue weighted by molar-refractivity contribution is 7.91. The molecule has 1 amide bonds. The first-order valence-electron chi connectivity index (χ1n) is 6.81. The van der Waals surface area contributed by atoms with Crippen molar-refractivity contribution in [3.63, 3.8) is 0 Å². The van der Waals surface area contributed by atoms with Crippen LogP contribution in [0.4, 0.5) is 4.79 Å². The van der Waals surface area contributed by atoms with Crippen LogP contribution >= 0.6 is 0 Å². The molecule has 0 radical (unpaired) electrons. The standard InChI is InChI=1S/C13H23NO6S/c1-13(2,3)20-12(16)14(4)6-7-19-11(15)10-5-8-21(17,18)9-10/h10H,5-9H2,1-4H3. The number of carbonyl (C=O) groups is 2. The van der Waals surface area contributed by atoms with E-state index in [1.807, 2.05) is 0 Å². The highest BCUT2D eigenvalue weighted by atomic mass is 32.2. The summed E-state index contributed by atoms with van der Waals surface area (Å²) in [5.74, 6) is -1.21. The second kappa shape index (κ2) is 6.64. The zero-order valence-corrected chi connectivity index (χ0v) is 13.7. The van der Waals surface area contributed by atoms with Crippen LogP contribution in [0.25, 0.3) is 0 Å². The van der Waals surface area contributed by atoms with Crippen LogP contribution < -0.4 is 0 Å². The quantitative estimate of drug-likeness (QED) is 0.713. The molecule has 0 aromatic rings. The largest absolute Gasteiger partial charge is 0.464 e. The molecule has 0 aromatic heterocycles. The van der Waals surface area contributed by atoms with Crippen molar-refractivity contribution in [2.24, 2.45) is 5.92 Å². The van der Waals surface area contributed by atoms with Crippen molar-refractivity contribution in [3.8, 4) is 0 Å². The minimum Gasteiger partial charge on any atom is -0.464 e. The number of sulfone groups is 1. The van der Waals surface area contributed by atoms with E-state index in [-0.39, 0.29) is 24.7 Å². The van der Waals surface area contributed by atoms with Crippen LogP contribution in [-0.4, -0.2) is 62.7 Å². The third-order valence-corrected chi connectivity index (χ3v) is 4.71. The zero-order chi connectivity index (χ0) is 16.3.